The van der Waals surface area contributed by atoms with Crippen molar-refractivity contribution in [3.8, 4) is 0 Å². The van der Waals surface area contributed by atoms with Gasteiger partial charge in [-0.05, 0) is 84.7 Å². The van der Waals surface area contributed by atoms with Gasteiger partial charge in [-0.25, -0.2) is 0 Å². The molecule has 2 nitrogen and oxygen atoms in total. The second kappa shape index (κ2) is 9.57. The quantitative estimate of drug-likeness (QED) is 0.499. The summed E-state index contributed by atoms with van der Waals surface area (Å²) >= 11 is 0. The minimum absolute atomic E-state index is 0.385. The third kappa shape index (κ3) is 4.86. The molecule has 0 spiro atoms. The number of fused-ring (bicyclic) bond motifs is 1. The van der Waals surface area contributed by atoms with Crippen LogP contribution in [-0.4, -0.2) is 22.4 Å². The van der Waals surface area contributed by atoms with Crippen LogP contribution < -0.4 is 0 Å². The van der Waals surface area contributed by atoms with Crippen molar-refractivity contribution in [2.75, 3.05) is 0 Å². The first-order valence-corrected chi connectivity index (χ1v) is 12.3. The van der Waals surface area contributed by atoms with E-state index in [0.29, 0.717) is 41.9 Å². The zero-order valence-corrected chi connectivity index (χ0v) is 19.9. The van der Waals surface area contributed by atoms with E-state index in [4.69, 9.17) is 0 Å². The summed E-state index contributed by atoms with van der Waals surface area (Å²) in [6, 6.07) is 0. The number of hydrogen-bond donors (Lipinski definition) is 2. The molecule has 1 unspecified atom stereocenters. The Morgan fingerprint density at radius 3 is 2.50 bits per heavy atom. The Balaban J connectivity index is 1.76. The zero-order valence-electron chi connectivity index (χ0n) is 19.9. The van der Waals surface area contributed by atoms with Gasteiger partial charge in [0.1, 0.15) is 0 Å². The zero-order chi connectivity index (χ0) is 22.1. The maximum atomic E-state index is 10.1. The molecule has 0 radical (unpaired) electrons. The topological polar surface area (TPSA) is 40.5 Å². The van der Waals surface area contributed by atoms with Crippen LogP contribution in [0.5, 0.6) is 0 Å². The Morgan fingerprint density at radius 2 is 1.80 bits per heavy atom. The standard InChI is InChI=1S/C28H44O2/c1-18(2)19(3)9-10-20(4)25-13-14-26-22(8-7-15-28(25,26)6)11-12-23-16-24(29)17-27(30)21(23)5/h9-12,18-20,24-27,29-30H,5,7-8,13-17H2,1-4,6H3/b10-9+,22-11+,23-12-/t19-,20+,24+,25?,26-,27-,28+/m0/s1. The molecule has 30 heavy (non-hydrogen) atoms. The lowest BCUT2D eigenvalue weighted by Crippen LogP contribution is -2.35. The minimum atomic E-state index is -0.605. The lowest BCUT2D eigenvalue weighted by Gasteiger charge is -2.44. The third-order valence-electron chi connectivity index (χ3n) is 8.71. The summed E-state index contributed by atoms with van der Waals surface area (Å²) in [7, 11) is 0. The molecule has 3 fully saturated rings. The van der Waals surface area contributed by atoms with Crippen molar-refractivity contribution in [3.05, 3.63) is 47.6 Å². The van der Waals surface area contributed by atoms with Crippen LogP contribution in [-0.2, 0) is 0 Å². The molecule has 0 amide bonds. The van der Waals surface area contributed by atoms with Crippen LogP contribution in [0.1, 0.15) is 79.6 Å². The highest BCUT2D eigenvalue weighted by Crippen LogP contribution is 2.59. The van der Waals surface area contributed by atoms with Crippen LogP contribution in [0.2, 0.25) is 0 Å². The largest absolute Gasteiger partial charge is 0.393 e. The second-order valence-electron chi connectivity index (χ2n) is 11.0. The Labute approximate surface area is 184 Å². The van der Waals surface area contributed by atoms with Crippen molar-refractivity contribution < 1.29 is 10.2 Å². The Bertz CT molecular complexity index is 712. The first kappa shape index (κ1) is 23.5. The van der Waals surface area contributed by atoms with Crippen molar-refractivity contribution in [2.24, 2.45) is 35.0 Å². The average Bonchev–Trinajstić information content (AvgIpc) is 3.04. The molecule has 3 saturated carbocycles. The fourth-order valence-corrected chi connectivity index (χ4v) is 6.32. The molecular weight excluding hydrogens is 368 g/mol. The van der Waals surface area contributed by atoms with E-state index >= 15 is 0 Å². The highest BCUT2D eigenvalue weighted by Gasteiger charge is 2.50. The molecule has 0 aromatic carbocycles. The molecule has 0 bridgehead atoms. The van der Waals surface area contributed by atoms with Gasteiger partial charge in [-0.2, -0.15) is 0 Å². The van der Waals surface area contributed by atoms with Gasteiger partial charge in [0.25, 0.3) is 0 Å². The Kier molecular flexibility index (Phi) is 7.51. The highest BCUT2D eigenvalue weighted by molar-refractivity contribution is 5.38. The number of aliphatic hydroxyl groups excluding tert-OH is 2. The van der Waals surface area contributed by atoms with E-state index in [2.05, 4.69) is 65.5 Å². The fourth-order valence-electron chi connectivity index (χ4n) is 6.32. The van der Waals surface area contributed by atoms with E-state index in [9.17, 15) is 10.2 Å². The molecule has 2 heteroatoms. The average molecular weight is 413 g/mol. The summed E-state index contributed by atoms with van der Waals surface area (Å²) in [5.74, 6) is 3.38. The molecule has 3 rings (SSSR count). The molecule has 0 aliphatic heterocycles. The van der Waals surface area contributed by atoms with Gasteiger partial charge >= 0.3 is 0 Å². The summed E-state index contributed by atoms with van der Waals surface area (Å²) in [6.07, 6.45) is 15.8. The number of allylic oxidation sites excluding steroid dienone is 5. The van der Waals surface area contributed by atoms with E-state index in [0.717, 1.165) is 17.1 Å². The summed E-state index contributed by atoms with van der Waals surface area (Å²) in [6.45, 7) is 16.0. The first-order valence-electron chi connectivity index (χ1n) is 12.3. The van der Waals surface area contributed by atoms with E-state index in [1.165, 1.54) is 32.1 Å². The predicted molar refractivity (Wildman–Crippen MR) is 127 cm³/mol. The van der Waals surface area contributed by atoms with E-state index < -0.39 is 12.2 Å². The van der Waals surface area contributed by atoms with Gasteiger partial charge in [0.05, 0.1) is 12.2 Å². The maximum Gasteiger partial charge on any atom is 0.0811 e. The van der Waals surface area contributed by atoms with Crippen molar-refractivity contribution in [2.45, 2.75) is 91.8 Å². The van der Waals surface area contributed by atoms with Gasteiger partial charge in [0.2, 0.25) is 0 Å². The molecule has 3 aliphatic carbocycles. The van der Waals surface area contributed by atoms with Crippen molar-refractivity contribution >= 4 is 0 Å². The fraction of sp³-hybridized carbons (Fsp3) is 0.714. The molecular formula is C28H44O2. The summed E-state index contributed by atoms with van der Waals surface area (Å²) in [5.41, 5.74) is 3.77. The van der Waals surface area contributed by atoms with Crippen LogP contribution in [0.4, 0.5) is 0 Å². The highest BCUT2D eigenvalue weighted by atomic mass is 16.3. The molecule has 0 aromatic heterocycles. The van der Waals surface area contributed by atoms with Gasteiger partial charge < -0.3 is 10.2 Å². The van der Waals surface area contributed by atoms with Gasteiger partial charge in [-0.1, -0.05) is 71.1 Å². The van der Waals surface area contributed by atoms with E-state index in [1.54, 1.807) is 5.57 Å². The van der Waals surface area contributed by atoms with Crippen LogP contribution in [0.3, 0.4) is 0 Å². The summed E-state index contributed by atoms with van der Waals surface area (Å²) < 4.78 is 0. The lowest BCUT2D eigenvalue weighted by atomic mass is 9.61. The molecule has 7 atom stereocenters. The van der Waals surface area contributed by atoms with Crippen LogP contribution in [0, 0.1) is 35.0 Å². The Morgan fingerprint density at radius 1 is 1.07 bits per heavy atom. The predicted octanol–water partition coefficient (Wildman–Crippen LogP) is 6.61. The Hall–Kier alpha value is -1.12. The second-order valence-corrected chi connectivity index (χ2v) is 11.0. The molecule has 168 valence electrons. The maximum absolute atomic E-state index is 10.1. The number of rotatable bonds is 5. The van der Waals surface area contributed by atoms with Gasteiger partial charge in [0, 0.05) is 6.42 Å². The van der Waals surface area contributed by atoms with E-state index in [1.807, 2.05) is 0 Å². The van der Waals surface area contributed by atoms with Crippen molar-refractivity contribution in [3.63, 3.8) is 0 Å². The smallest absolute Gasteiger partial charge is 0.0811 e. The number of hydrogen-bond acceptors (Lipinski definition) is 2. The van der Waals surface area contributed by atoms with E-state index in [-0.39, 0.29) is 0 Å². The molecule has 0 saturated heterocycles. The van der Waals surface area contributed by atoms with Gasteiger partial charge in [-0.3, -0.25) is 0 Å². The van der Waals surface area contributed by atoms with Gasteiger partial charge in [-0.15, -0.1) is 0 Å². The monoisotopic (exact) mass is 412 g/mol. The first-order chi connectivity index (χ1) is 14.1. The van der Waals surface area contributed by atoms with Crippen LogP contribution >= 0.6 is 0 Å². The minimum Gasteiger partial charge on any atom is -0.393 e. The van der Waals surface area contributed by atoms with Crippen LogP contribution in [0.25, 0.3) is 0 Å². The molecule has 0 heterocycles. The summed E-state index contributed by atoms with van der Waals surface area (Å²) in [4.78, 5) is 0. The van der Waals surface area contributed by atoms with Crippen molar-refractivity contribution in [1.82, 2.24) is 0 Å². The third-order valence-corrected chi connectivity index (χ3v) is 8.71. The SMILES string of the molecule is C=C1/C(=C\C=C2/CCC[C@]3(C)C([C@H](C)/C=C/[C@H](C)C(C)C)CC[C@@H]23)C[C@@H](O)C[C@@H]1O. The molecule has 3 aliphatic rings. The normalized spacial score (nSPS) is 39.8. The van der Waals surface area contributed by atoms with Crippen LogP contribution in [0.15, 0.2) is 47.6 Å². The number of aliphatic hydroxyl groups is 2. The molecule has 2 N–H and O–H groups in total. The molecule has 0 aromatic rings. The summed E-state index contributed by atoms with van der Waals surface area (Å²) in [5, 5.41) is 20.2. The van der Waals surface area contributed by atoms with Gasteiger partial charge in [0.15, 0.2) is 0 Å². The van der Waals surface area contributed by atoms with Crippen molar-refractivity contribution in [1.29, 1.82) is 0 Å². The lowest BCUT2D eigenvalue weighted by molar-refractivity contribution is 0.0862.